The van der Waals surface area contributed by atoms with Gasteiger partial charge in [-0.15, -0.1) is 10.2 Å². The number of piperazine rings is 1. The van der Waals surface area contributed by atoms with Crippen molar-refractivity contribution in [3.63, 3.8) is 0 Å². The van der Waals surface area contributed by atoms with E-state index >= 15 is 0 Å². The molecule has 2 aromatic rings. The Labute approximate surface area is 165 Å². The molecule has 0 radical (unpaired) electrons. The molecular weight excluding hydrogens is 358 g/mol. The third-order valence-corrected chi connectivity index (χ3v) is 4.72. The van der Waals surface area contributed by atoms with E-state index in [1.165, 1.54) is 0 Å². The summed E-state index contributed by atoms with van der Waals surface area (Å²) in [6.07, 6.45) is 0.886. The highest BCUT2D eigenvalue weighted by molar-refractivity contribution is 5.92. The van der Waals surface area contributed by atoms with E-state index in [2.05, 4.69) is 20.4 Å². The van der Waals surface area contributed by atoms with Crippen molar-refractivity contribution < 1.29 is 14.3 Å². The largest absolute Gasteiger partial charge is 0.497 e. The number of aromatic nitrogens is 2. The van der Waals surface area contributed by atoms with Crippen LogP contribution in [0.4, 0.5) is 11.5 Å². The molecular formula is C20H27N5O3. The number of carbonyl (C=O) groups excluding carboxylic acids is 1. The van der Waals surface area contributed by atoms with Crippen LogP contribution in [-0.4, -0.2) is 74.6 Å². The Balaban J connectivity index is 1.50. The highest BCUT2D eigenvalue weighted by atomic mass is 16.5. The van der Waals surface area contributed by atoms with Gasteiger partial charge in [-0.2, -0.15) is 0 Å². The summed E-state index contributed by atoms with van der Waals surface area (Å²) < 4.78 is 10.2. The lowest BCUT2D eigenvalue weighted by atomic mass is 10.2. The van der Waals surface area contributed by atoms with Crippen molar-refractivity contribution in [2.45, 2.75) is 6.42 Å². The second-order valence-corrected chi connectivity index (χ2v) is 6.55. The Kier molecular flexibility index (Phi) is 7.02. The summed E-state index contributed by atoms with van der Waals surface area (Å²) in [4.78, 5) is 16.8. The number of amides is 1. The zero-order valence-electron chi connectivity index (χ0n) is 16.4. The molecule has 2 heterocycles. The van der Waals surface area contributed by atoms with Crippen LogP contribution in [0.2, 0.25) is 0 Å². The van der Waals surface area contributed by atoms with E-state index in [-0.39, 0.29) is 5.91 Å². The van der Waals surface area contributed by atoms with E-state index < -0.39 is 0 Å². The maximum absolute atomic E-state index is 12.7. The summed E-state index contributed by atoms with van der Waals surface area (Å²) in [7, 11) is 3.34. The first-order valence-electron chi connectivity index (χ1n) is 9.46. The monoisotopic (exact) mass is 385 g/mol. The summed E-state index contributed by atoms with van der Waals surface area (Å²) in [5, 5.41) is 11.3. The number of hydrogen-bond acceptors (Lipinski definition) is 7. The molecule has 0 aliphatic carbocycles. The number of carbonyl (C=O) groups is 1. The van der Waals surface area contributed by atoms with Gasteiger partial charge >= 0.3 is 0 Å². The minimum Gasteiger partial charge on any atom is -0.497 e. The van der Waals surface area contributed by atoms with Gasteiger partial charge in [0, 0.05) is 52.1 Å². The van der Waals surface area contributed by atoms with Gasteiger partial charge in [-0.3, -0.25) is 4.79 Å². The molecule has 1 N–H and O–H groups in total. The Morgan fingerprint density at radius 1 is 1.04 bits per heavy atom. The number of anilines is 2. The summed E-state index contributed by atoms with van der Waals surface area (Å²) in [5.41, 5.74) is 1.51. The molecule has 1 aliphatic rings. The molecule has 8 heteroatoms. The van der Waals surface area contributed by atoms with Crippen molar-refractivity contribution in [1.29, 1.82) is 0 Å². The first kappa shape index (κ1) is 19.9. The second kappa shape index (κ2) is 9.89. The normalized spacial score (nSPS) is 14.1. The number of benzene rings is 1. The van der Waals surface area contributed by atoms with Gasteiger partial charge in [-0.25, -0.2) is 0 Å². The third-order valence-electron chi connectivity index (χ3n) is 4.72. The lowest BCUT2D eigenvalue weighted by Gasteiger charge is -2.36. The van der Waals surface area contributed by atoms with Crippen molar-refractivity contribution in [1.82, 2.24) is 15.1 Å². The fourth-order valence-electron chi connectivity index (χ4n) is 3.10. The van der Waals surface area contributed by atoms with Gasteiger partial charge in [0.05, 0.1) is 7.11 Å². The molecule has 0 saturated carbocycles. The van der Waals surface area contributed by atoms with Crippen molar-refractivity contribution in [2.75, 3.05) is 63.8 Å². The van der Waals surface area contributed by atoms with Crippen LogP contribution in [0.5, 0.6) is 5.75 Å². The molecule has 1 aromatic heterocycles. The standard InChI is InChI=1S/C20H27N5O3/c1-27-15-3-10-21-19-9-8-18(22-23-19)20(26)25-13-11-24(12-14-25)16-4-6-17(28-2)7-5-16/h4-9H,3,10-15H2,1-2H3,(H,21,23). The quantitative estimate of drug-likeness (QED) is 0.695. The van der Waals surface area contributed by atoms with E-state index in [1.54, 1.807) is 26.4 Å². The van der Waals surface area contributed by atoms with Crippen molar-refractivity contribution in [3.05, 3.63) is 42.1 Å². The van der Waals surface area contributed by atoms with E-state index in [1.807, 2.05) is 29.2 Å². The lowest BCUT2D eigenvalue weighted by Crippen LogP contribution is -2.49. The number of nitrogens with one attached hydrogen (secondary N) is 1. The van der Waals surface area contributed by atoms with Gasteiger partial charge in [0.25, 0.3) is 5.91 Å². The highest BCUT2D eigenvalue weighted by Crippen LogP contribution is 2.21. The molecule has 1 aromatic carbocycles. The summed E-state index contributed by atoms with van der Waals surface area (Å²) >= 11 is 0. The van der Waals surface area contributed by atoms with Gasteiger partial charge < -0.3 is 24.6 Å². The molecule has 1 saturated heterocycles. The SMILES string of the molecule is COCCCNc1ccc(C(=O)N2CCN(c3ccc(OC)cc3)CC2)nn1. The van der Waals surface area contributed by atoms with E-state index in [9.17, 15) is 4.79 Å². The smallest absolute Gasteiger partial charge is 0.274 e. The zero-order chi connectivity index (χ0) is 19.8. The predicted molar refractivity (Wildman–Crippen MR) is 108 cm³/mol. The molecule has 8 nitrogen and oxygen atoms in total. The maximum atomic E-state index is 12.7. The Morgan fingerprint density at radius 2 is 1.79 bits per heavy atom. The van der Waals surface area contributed by atoms with Crippen LogP contribution < -0.4 is 15.0 Å². The summed E-state index contributed by atoms with van der Waals surface area (Å²) in [6, 6.07) is 11.5. The van der Waals surface area contributed by atoms with E-state index in [4.69, 9.17) is 9.47 Å². The average Bonchev–Trinajstić information content (AvgIpc) is 2.77. The molecule has 150 valence electrons. The van der Waals surface area contributed by atoms with E-state index in [0.717, 1.165) is 37.5 Å². The minimum atomic E-state index is -0.0761. The fraction of sp³-hybridized carbons (Fsp3) is 0.450. The molecule has 28 heavy (non-hydrogen) atoms. The Bertz CT molecular complexity index is 743. The highest BCUT2D eigenvalue weighted by Gasteiger charge is 2.23. The maximum Gasteiger partial charge on any atom is 0.274 e. The van der Waals surface area contributed by atoms with Crippen molar-refractivity contribution in [2.24, 2.45) is 0 Å². The molecule has 0 spiro atoms. The average molecular weight is 385 g/mol. The molecule has 0 atom stereocenters. The molecule has 3 rings (SSSR count). The van der Waals surface area contributed by atoms with Crippen LogP contribution in [0.25, 0.3) is 0 Å². The zero-order valence-corrected chi connectivity index (χ0v) is 16.4. The summed E-state index contributed by atoms with van der Waals surface area (Å²) in [5.74, 6) is 1.43. The molecule has 0 bridgehead atoms. The molecule has 0 unspecified atom stereocenters. The minimum absolute atomic E-state index is 0.0761. The van der Waals surface area contributed by atoms with Crippen LogP contribution in [0.15, 0.2) is 36.4 Å². The first-order chi connectivity index (χ1) is 13.7. The number of rotatable bonds is 8. The van der Waals surface area contributed by atoms with Crippen LogP contribution in [-0.2, 0) is 4.74 Å². The summed E-state index contributed by atoms with van der Waals surface area (Å²) in [6.45, 7) is 4.32. The van der Waals surface area contributed by atoms with Crippen molar-refractivity contribution >= 4 is 17.4 Å². The number of ether oxygens (including phenoxy) is 2. The molecule has 1 aliphatic heterocycles. The van der Waals surface area contributed by atoms with Gasteiger partial charge in [0.15, 0.2) is 5.69 Å². The predicted octanol–water partition coefficient (Wildman–Crippen LogP) is 1.90. The lowest BCUT2D eigenvalue weighted by molar-refractivity contribution is 0.0739. The van der Waals surface area contributed by atoms with Gasteiger partial charge in [0.1, 0.15) is 11.6 Å². The van der Waals surface area contributed by atoms with Crippen LogP contribution in [0.3, 0.4) is 0 Å². The topological polar surface area (TPSA) is 79.8 Å². The molecule has 1 amide bonds. The van der Waals surface area contributed by atoms with Crippen LogP contribution >= 0.6 is 0 Å². The fourth-order valence-corrected chi connectivity index (χ4v) is 3.10. The van der Waals surface area contributed by atoms with Crippen molar-refractivity contribution in [3.8, 4) is 5.75 Å². The number of hydrogen-bond donors (Lipinski definition) is 1. The number of methoxy groups -OCH3 is 2. The van der Waals surface area contributed by atoms with Gasteiger partial charge in [-0.1, -0.05) is 0 Å². The Hall–Kier alpha value is -2.87. The number of nitrogens with zero attached hydrogens (tertiary/aromatic N) is 4. The Morgan fingerprint density at radius 3 is 2.39 bits per heavy atom. The van der Waals surface area contributed by atoms with Gasteiger partial charge in [0.2, 0.25) is 0 Å². The second-order valence-electron chi connectivity index (χ2n) is 6.55. The van der Waals surface area contributed by atoms with Gasteiger partial charge in [-0.05, 0) is 42.8 Å². The first-order valence-corrected chi connectivity index (χ1v) is 9.46. The van der Waals surface area contributed by atoms with Crippen LogP contribution in [0.1, 0.15) is 16.9 Å². The molecule has 1 fully saturated rings. The van der Waals surface area contributed by atoms with Crippen LogP contribution in [0, 0.1) is 0 Å². The van der Waals surface area contributed by atoms with E-state index in [0.29, 0.717) is 31.2 Å². The third kappa shape index (κ3) is 5.10.